The van der Waals surface area contributed by atoms with Gasteiger partial charge in [-0.05, 0) is 31.5 Å². The molecule has 0 radical (unpaired) electrons. The molecule has 1 aromatic heterocycles. The van der Waals surface area contributed by atoms with Crippen LogP contribution in [0, 0.1) is 6.92 Å². The van der Waals surface area contributed by atoms with Crippen molar-refractivity contribution in [3.63, 3.8) is 0 Å². The topological polar surface area (TPSA) is 66.7 Å². The maximum atomic E-state index is 5.91. The van der Waals surface area contributed by atoms with Crippen LogP contribution < -0.4 is 11.1 Å². The lowest BCUT2D eigenvalue weighted by Gasteiger charge is -2.15. The average molecular weight is 216 g/mol. The van der Waals surface area contributed by atoms with Crippen LogP contribution in [0.25, 0.3) is 0 Å². The smallest absolute Gasteiger partial charge is 0.0581 e. The van der Waals surface area contributed by atoms with E-state index in [0.29, 0.717) is 0 Å². The lowest BCUT2D eigenvalue weighted by molar-refractivity contribution is 0.886. The molecule has 1 aromatic carbocycles. The quantitative estimate of drug-likeness (QED) is 0.690. The number of H-pyrrole nitrogens is 1. The van der Waals surface area contributed by atoms with Gasteiger partial charge in [0.25, 0.3) is 0 Å². The van der Waals surface area contributed by atoms with Crippen LogP contribution >= 0.6 is 0 Å². The molecule has 2 aromatic rings. The Morgan fingerprint density at radius 1 is 1.44 bits per heavy atom. The van der Waals surface area contributed by atoms with E-state index in [1.165, 1.54) is 5.56 Å². The van der Waals surface area contributed by atoms with Crippen molar-refractivity contribution < 1.29 is 0 Å². The number of nitrogens with two attached hydrogens (primary N) is 1. The normalized spacial score (nSPS) is 12.4. The molecule has 1 heterocycles. The molecule has 0 saturated heterocycles. The summed E-state index contributed by atoms with van der Waals surface area (Å²) in [4.78, 5) is 0. The fourth-order valence-corrected chi connectivity index (χ4v) is 1.61. The Morgan fingerprint density at radius 2 is 2.25 bits per heavy atom. The largest absolute Gasteiger partial charge is 0.397 e. The highest BCUT2D eigenvalue weighted by molar-refractivity contribution is 5.67. The number of nitrogen functional groups attached to an aromatic ring is 1. The Hall–Kier alpha value is -1.97. The molecule has 4 heteroatoms. The number of hydrogen-bond donors (Lipinski definition) is 3. The molecule has 0 aliphatic heterocycles. The second kappa shape index (κ2) is 4.26. The van der Waals surface area contributed by atoms with Gasteiger partial charge in [0, 0.05) is 11.8 Å². The van der Waals surface area contributed by atoms with Crippen molar-refractivity contribution in [3.8, 4) is 0 Å². The summed E-state index contributed by atoms with van der Waals surface area (Å²) in [6.07, 6.45) is 3.69. The second-order valence-electron chi connectivity index (χ2n) is 3.99. The first-order valence-corrected chi connectivity index (χ1v) is 5.28. The van der Waals surface area contributed by atoms with Crippen molar-refractivity contribution in [1.82, 2.24) is 10.2 Å². The molecule has 16 heavy (non-hydrogen) atoms. The Labute approximate surface area is 94.9 Å². The van der Waals surface area contributed by atoms with Gasteiger partial charge in [0.15, 0.2) is 0 Å². The zero-order chi connectivity index (χ0) is 11.5. The molecule has 0 fully saturated rings. The second-order valence-corrected chi connectivity index (χ2v) is 3.99. The number of aromatic nitrogens is 2. The highest BCUT2D eigenvalue weighted by Crippen LogP contribution is 2.24. The van der Waals surface area contributed by atoms with Crippen LogP contribution in [0.2, 0.25) is 0 Å². The lowest BCUT2D eigenvalue weighted by atomic mass is 10.1. The van der Waals surface area contributed by atoms with Crippen LogP contribution in [0.4, 0.5) is 11.4 Å². The molecule has 1 atom stereocenters. The third kappa shape index (κ3) is 2.16. The van der Waals surface area contributed by atoms with Crippen LogP contribution in [0.1, 0.15) is 24.1 Å². The predicted molar refractivity (Wildman–Crippen MR) is 66.2 cm³/mol. The summed E-state index contributed by atoms with van der Waals surface area (Å²) in [5.74, 6) is 0. The van der Waals surface area contributed by atoms with Crippen LogP contribution in [-0.4, -0.2) is 10.2 Å². The zero-order valence-corrected chi connectivity index (χ0v) is 9.49. The molecule has 0 spiro atoms. The first kappa shape index (κ1) is 10.5. The fraction of sp³-hybridized carbons (Fsp3) is 0.250. The molecule has 1 unspecified atom stereocenters. The molecule has 4 N–H and O–H groups in total. The van der Waals surface area contributed by atoms with E-state index >= 15 is 0 Å². The van der Waals surface area contributed by atoms with Gasteiger partial charge in [-0.3, -0.25) is 5.10 Å². The number of nitrogens with one attached hydrogen (secondary N) is 2. The van der Waals surface area contributed by atoms with E-state index in [9.17, 15) is 0 Å². The number of nitrogens with zero attached hydrogens (tertiary/aromatic N) is 1. The summed E-state index contributed by atoms with van der Waals surface area (Å²) < 4.78 is 0. The van der Waals surface area contributed by atoms with Gasteiger partial charge in [-0.25, -0.2) is 0 Å². The van der Waals surface area contributed by atoms with Crippen LogP contribution in [0.15, 0.2) is 30.6 Å². The molecule has 84 valence electrons. The van der Waals surface area contributed by atoms with Gasteiger partial charge < -0.3 is 11.1 Å². The van der Waals surface area contributed by atoms with Crippen molar-refractivity contribution in [1.29, 1.82) is 0 Å². The lowest BCUT2D eigenvalue weighted by Crippen LogP contribution is -2.07. The van der Waals surface area contributed by atoms with Crippen molar-refractivity contribution >= 4 is 11.4 Å². The number of aryl methyl sites for hydroxylation is 1. The van der Waals surface area contributed by atoms with E-state index in [1.54, 1.807) is 0 Å². The Balaban J connectivity index is 2.17. The number of benzene rings is 1. The van der Waals surface area contributed by atoms with Crippen LogP contribution in [-0.2, 0) is 0 Å². The Morgan fingerprint density at radius 3 is 2.94 bits per heavy atom. The monoisotopic (exact) mass is 216 g/mol. The molecule has 4 nitrogen and oxygen atoms in total. The van der Waals surface area contributed by atoms with Crippen molar-refractivity contribution in [2.24, 2.45) is 0 Å². The predicted octanol–water partition coefficient (Wildman–Crippen LogP) is 2.47. The van der Waals surface area contributed by atoms with Crippen LogP contribution in [0.3, 0.4) is 0 Å². The number of aromatic amines is 1. The van der Waals surface area contributed by atoms with Gasteiger partial charge in [0.1, 0.15) is 0 Å². The minimum Gasteiger partial charge on any atom is -0.397 e. The van der Waals surface area contributed by atoms with Crippen molar-refractivity contribution in [2.45, 2.75) is 19.9 Å². The molecule has 0 amide bonds. The molecule has 2 rings (SSSR count). The summed E-state index contributed by atoms with van der Waals surface area (Å²) in [6, 6.07) is 6.15. The minimum atomic E-state index is 0.183. The molecule has 0 aliphatic rings. The summed E-state index contributed by atoms with van der Waals surface area (Å²) in [6.45, 7) is 4.12. The molecule has 0 aliphatic carbocycles. The standard InChI is InChI=1S/C12H16N4/c1-8-3-4-11(13)12(5-8)16-9(2)10-6-14-15-7-10/h3-7,9,16H,13H2,1-2H3,(H,14,15). The summed E-state index contributed by atoms with van der Waals surface area (Å²) in [7, 11) is 0. The summed E-state index contributed by atoms with van der Waals surface area (Å²) in [5.41, 5.74) is 9.94. The highest BCUT2D eigenvalue weighted by Gasteiger charge is 2.07. The van der Waals surface area contributed by atoms with E-state index in [-0.39, 0.29) is 6.04 Å². The average Bonchev–Trinajstić information content (AvgIpc) is 2.76. The number of rotatable bonds is 3. The van der Waals surface area contributed by atoms with E-state index in [4.69, 9.17) is 5.73 Å². The summed E-state index contributed by atoms with van der Waals surface area (Å²) in [5, 5.41) is 10.1. The summed E-state index contributed by atoms with van der Waals surface area (Å²) >= 11 is 0. The van der Waals surface area contributed by atoms with E-state index in [1.807, 2.05) is 37.5 Å². The molecule has 0 bridgehead atoms. The Kier molecular flexibility index (Phi) is 2.81. The zero-order valence-electron chi connectivity index (χ0n) is 9.49. The van der Waals surface area contributed by atoms with Gasteiger partial charge in [-0.2, -0.15) is 5.10 Å². The minimum absolute atomic E-state index is 0.183. The van der Waals surface area contributed by atoms with Gasteiger partial charge in [-0.15, -0.1) is 0 Å². The molecular weight excluding hydrogens is 200 g/mol. The number of anilines is 2. The fourth-order valence-electron chi connectivity index (χ4n) is 1.61. The van der Waals surface area contributed by atoms with Crippen molar-refractivity contribution in [3.05, 3.63) is 41.7 Å². The third-order valence-electron chi connectivity index (χ3n) is 2.60. The first-order chi connectivity index (χ1) is 7.66. The van der Waals surface area contributed by atoms with Crippen molar-refractivity contribution in [2.75, 3.05) is 11.1 Å². The first-order valence-electron chi connectivity index (χ1n) is 5.28. The Bertz CT molecular complexity index is 462. The third-order valence-corrected chi connectivity index (χ3v) is 2.60. The SMILES string of the molecule is Cc1ccc(N)c(NC(C)c2cn[nH]c2)c1. The van der Waals surface area contributed by atoms with E-state index in [0.717, 1.165) is 16.9 Å². The van der Waals surface area contributed by atoms with Gasteiger partial charge in [-0.1, -0.05) is 6.07 Å². The van der Waals surface area contributed by atoms with Gasteiger partial charge in [0.05, 0.1) is 23.6 Å². The van der Waals surface area contributed by atoms with Gasteiger partial charge >= 0.3 is 0 Å². The maximum Gasteiger partial charge on any atom is 0.0581 e. The van der Waals surface area contributed by atoms with E-state index in [2.05, 4.69) is 22.4 Å². The highest BCUT2D eigenvalue weighted by atomic mass is 15.1. The van der Waals surface area contributed by atoms with Crippen LogP contribution in [0.5, 0.6) is 0 Å². The maximum absolute atomic E-state index is 5.91. The molecular formula is C12H16N4. The van der Waals surface area contributed by atoms with Gasteiger partial charge in [0.2, 0.25) is 0 Å². The molecule has 0 saturated carbocycles. The van der Waals surface area contributed by atoms with E-state index < -0.39 is 0 Å². The number of hydrogen-bond acceptors (Lipinski definition) is 3.